The molecule has 5 nitrogen and oxygen atoms in total. The summed E-state index contributed by atoms with van der Waals surface area (Å²) in [6, 6.07) is -0.282. The largest absolute Gasteiger partial charge is 0.334 e. The van der Waals surface area contributed by atoms with E-state index >= 15 is 0 Å². The molecule has 1 amide bonds. The minimum absolute atomic E-state index is 0.0347. The Kier molecular flexibility index (Phi) is 3.19. The highest BCUT2D eigenvalue weighted by Gasteiger charge is 2.33. The topological polar surface area (TPSA) is 75.0 Å². The molecule has 2 heterocycles. The number of hydrogen-bond donors (Lipinski definition) is 2. The van der Waals surface area contributed by atoms with Crippen molar-refractivity contribution in [2.75, 3.05) is 6.54 Å². The summed E-state index contributed by atoms with van der Waals surface area (Å²) >= 11 is 0. The lowest BCUT2D eigenvalue weighted by atomic mass is 10.0. The SMILES string of the molecule is Cc1n[nH]c(C)c1[C@H]1CCCN1C(=O)[C@@H](C)N. The zero-order valence-electron chi connectivity index (χ0n) is 10.7. The number of carbonyl (C=O) groups excluding carboxylic acids is 1. The molecule has 1 aliphatic rings. The van der Waals surface area contributed by atoms with Gasteiger partial charge in [0.25, 0.3) is 0 Å². The highest BCUT2D eigenvalue weighted by Crippen LogP contribution is 2.34. The van der Waals surface area contributed by atoms with Gasteiger partial charge in [-0.1, -0.05) is 0 Å². The van der Waals surface area contributed by atoms with Gasteiger partial charge in [-0.2, -0.15) is 5.10 Å². The van der Waals surface area contributed by atoms with E-state index in [-0.39, 0.29) is 11.9 Å². The predicted octanol–water partition coefficient (Wildman–Crippen LogP) is 1.04. The second-order valence-corrected chi connectivity index (χ2v) is 4.83. The number of likely N-dealkylation sites (tertiary alicyclic amines) is 1. The summed E-state index contributed by atoms with van der Waals surface area (Å²) in [5.74, 6) is 0.0347. The van der Waals surface area contributed by atoms with E-state index in [1.807, 2.05) is 18.7 Å². The molecular weight excluding hydrogens is 216 g/mol. The number of aromatic nitrogens is 2. The third-order valence-corrected chi connectivity index (χ3v) is 3.44. The number of nitrogens with zero attached hydrogens (tertiary/aromatic N) is 2. The molecule has 0 saturated carbocycles. The lowest BCUT2D eigenvalue weighted by Crippen LogP contribution is -2.41. The van der Waals surface area contributed by atoms with Crippen molar-refractivity contribution in [1.82, 2.24) is 15.1 Å². The average Bonchev–Trinajstić information content (AvgIpc) is 2.84. The summed E-state index contributed by atoms with van der Waals surface area (Å²) in [6.45, 7) is 6.52. The zero-order chi connectivity index (χ0) is 12.6. The second-order valence-electron chi connectivity index (χ2n) is 4.83. The Morgan fingerprint density at radius 1 is 1.59 bits per heavy atom. The highest BCUT2D eigenvalue weighted by atomic mass is 16.2. The Hall–Kier alpha value is -1.36. The van der Waals surface area contributed by atoms with Crippen molar-refractivity contribution >= 4 is 5.91 Å². The van der Waals surface area contributed by atoms with Crippen LogP contribution in [0.15, 0.2) is 0 Å². The van der Waals surface area contributed by atoms with Gasteiger partial charge >= 0.3 is 0 Å². The van der Waals surface area contributed by atoms with Crippen LogP contribution in [0.3, 0.4) is 0 Å². The van der Waals surface area contributed by atoms with E-state index in [2.05, 4.69) is 10.2 Å². The highest BCUT2D eigenvalue weighted by molar-refractivity contribution is 5.82. The van der Waals surface area contributed by atoms with E-state index in [4.69, 9.17) is 5.73 Å². The molecule has 2 rings (SSSR count). The molecule has 1 aromatic heterocycles. The molecule has 2 atom stereocenters. The Morgan fingerprint density at radius 2 is 2.29 bits per heavy atom. The first-order chi connectivity index (χ1) is 8.02. The molecule has 5 heteroatoms. The Labute approximate surface area is 101 Å². The van der Waals surface area contributed by atoms with Crippen LogP contribution in [-0.2, 0) is 4.79 Å². The number of nitrogens with two attached hydrogens (primary N) is 1. The van der Waals surface area contributed by atoms with Crippen LogP contribution >= 0.6 is 0 Å². The number of aromatic amines is 1. The summed E-state index contributed by atoms with van der Waals surface area (Å²) in [6.07, 6.45) is 2.03. The number of nitrogens with one attached hydrogen (secondary N) is 1. The van der Waals surface area contributed by atoms with Crippen LogP contribution in [0.25, 0.3) is 0 Å². The normalized spacial score (nSPS) is 21.9. The van der Waals surface area contributed by atoms with Crippen molar-refractivity contribution in [3.8, 4) is 0 Å². The van der Waals surface area contributed by atoms with Crippen LogP contribution in [0.2, 0.25) is 0 Å². The quantitative estimate of drug-likeness (QED) is 0.805. The van der Waals surface area contributed by atoms with Crippen LogP contribution in [0.1, 0.15) is 42.8 Å². The van der Waals surface area contributed by atoms with Crippen LogP contribution < -0.4 is 5.73 Å². The van der Waals surface area contributed by atoms with Crippen LogP contribution in [0.4, 0.5) is 0 Å². The van der Waals surface area contributed by atoms with Gasteiger partial charge in [-0.3, -0.25) is 9.89 Å². The Morgan fingerprint density at radius 3 is 2.82 bits per heavy atom. The van der Waals surface area contributed by atoms with Gasteiger partial charge in [0.1, 0.15) is 0 Å². The molecule has 1 aliphatic heterocycles. The van der Waals surface area contributed by atoms with Crippen molar-refractivity contribution in [2.24, 2.45) is 5.73 Å². The molecule has 94 valence electrons. The first-order valence-electron chi connectivity index (χ1n) is 6.10. The second kappa shape index (κ2) is 4.49. The molecule has 0 bridgehead atoms. The van der Waals surface area contributed by atoms with Crippen LogP contribution in [0, 0.1) is 13.8 Å². The van der Waals surface area contributed by atoms with Crippen LogP contribution in [0.5, 0.6) is 0 Å². The lowest BCUT2D eigenvalue weighted by Gasteiger charge is -2.26. The molecule has 1 aromatic rings. The minimum atomic E-state index is -0.428. The average molecular weight is 236 g/mol. The zero-order valence-corrected chi connectivity index (χ0v) is 10.7. The molecule has 1 saturated heterocycles. The van der Waals surface area contributed by atoms with Gasteiger partial charge in [0, 0.05) is 17.8 Å². The summed E-state index contributed by atoms with van der Waals surface area (Å²) in [5, 5.41) is 7.19. The van der Waals surface area contributed by atoms with E-state index in [1.165, 1.54) is 0 Å². The van der Waals surface area contributed by atoms with E-state index < -0.39 is 6.04 Å². The van der Waals surface area contributed by atoms with Gasteiger partial charge < -0.3 is 10.6 Å². The van der Waals surface area contributed by atoms with Crippen LogP contribution in [-0.4, -0.2) is 33.6 Å². The fraction of sp³-hybridized carbons (Fsp3) is 0.667. The van der Waals surface area contributed by atoms with Crippen molar-refractivity contribution in [1.29, 1.82) is 0 Å². The van der Waals surface area contributed by atoms with Gasteiger partial charge in [-0.15, -0.1) is 0 Å². The fourth-order valence-electron chi connectivity index (χ4n) is 2.64. The van der Waals surface area contributed by atoms with Crippen molar-refractivity contribution in [3.63, 3.8) is 0 Å². The number of amides is 1. The van der Waals surface area contributed by atoms with Crippen molar-refractivity contribution in [2.45, 2.75) is 45.7 Å². The van der Waals surface area contributed by atoms with Gasteiger partial charge in [-0.25, -0.2) is 0 Å². The Balaban J connectivity index is 2.29. The van der Waals surface area contributed by atoms with Gasteiger partial charge in [0.15, 0.2) is 0 Å². The number of H-pyrrole nitrogens is 1. The molecule has 0 spiro atoms. The van der Waals surface area contributed by atoms with Gasteiger partial charge in [0.05, 0.1) is 17.8 Å². The molecule has 3 N–H and O–H groups in total. The number of rotatable bonds is 2. The number of carbonyl (C=O) groups is 1. The van der Waals surface area contributed by atoms with Gasteiger partial charge in [0.2, 0.25) is 5.91 Å². The molecule has 0 aromatic carbocycles. The number of aryl methyl sites for hydroxylation is 2. The Bertz CT molecular complexity index is 405. The smallest absolute Gasteiger partial charge is 0.239 e. The van der Waals surface area contributed by atoms with E-state index in [9.17, 15) is 4.79 Å². The summed E-state index contributed by atoms with van der Waals surface area (Å²) < 4.78 is 0. The predicted molar refractivity (Wildman–Crippen MR) is 65.4 cm³/mol. The third kappa shape index (κ3) is 2.07. The summed E-state index contributed by atoms with van der Waals surface area (Å²) in [4.78, 5) is 13.9. The monoisotopic (exact) mass is 236 g/mol. The lowest BCUT2D eigenvalue weighted by molar-refractivity contribution is -0.133. The molecule has 0 radical (unpaired) electrons. The maximum absolute atomic E-state index is 12.0. The maximum Gasteiger partial charge on any atom is 0.239 e. The summed E-state index contributed by atoms with van der Waals surface area (Å²) in [5.41, 5.74) is 8.89. The standard InChI is InChI=1S/C12H20N4O/c1-7(13)12(17)16-6-4-5-10(16)11-8(2)14-15-9(11)3/h7,10H,4-6,13H2,1-3H3,(H,14,15)/t7-,10-/m1/s1. The minimum Gasteiger partial charge on any atom is -0.334 e. The van der Waals surface area contributed by atoms with E-state index in [1.54, 1.807) is 6.92 Å². The fourth-order valence-corrected chi connectivity index (χ4v) is 2.64. The van der Waals surface area contributed by atoms with E-state index in [0.29, 0.717) is 0 Å². The first-order valence-corrected chi connectivity index (χ1v) is 6.10. The molecule has 17 heavy (non-hydrogen) atoms. The molecule has 1 fully saturated rings. The molecule has 0 unspecified atom stereocenters. The first kappa shape index (κ1) is 12.1. The van der Waals surface area contributed by atoms with Crippen molar-refractivity contribution in [3.05, 3.63) is 17.0 Å². The van der Waals surface area contributed by atoms with Crippen molar-refractivity contribution < 1.29 is 4.79 Å². The third-order valence-electron chi connectivity index (χ3n) is 3.44. The maximum atomic E-state index is 12.0. The summed E-state index contributed by atoms with van der Waals surface area (Å²) in [7, 11) is 0. The number of hydrogen-bond acceptors (Lipinski definition) is 3. The molecule has 0 aliphatic carbocycles. The van der Waals surface area contributed by atoms with Gasteiger partial charge in [-0.05, 0) is 33.6 Å². The molecular formula is C12H20N4O. The van der Waals surface area contributed by atoms with E-state index in [0.717, 1.165) is 36.3 Å².